The maximum absolute atomic E-state index is 11.9. The molecule has 0 atom stereocenters. The summed E-state index contributed by atoms with van der Waals surface area (Å²) in [6.07, 6.45) is 0. The van der Waals surface area contributed by atoms with E-state index < -0.39 is 0 Å². The van der Waals surface area contributed by atoms with Crippen LogP contribution in [0.25, 0.3) is 0 Å². The van der Waals surface area contributed by atoms with Crippen molar-refractivity contribution in [2.75, 3.05) is 11.1 Å². The van der Waals surface area contributed by atoms with E-state index in [1.54, 1.807) is 31.2 Å². The summed E-state index contributed by atoms with van der Waals surface area (Å²) in [5, 5.41) is 10.7. The number of aryl methyl sites for hydroxylation is 1. The average molecular weight is 341 g/mol. The van der Waals surface area contributed by atoms with Gasteiger partial charge in [0.2, 0.25) is 11.8 Å². The van der Waals surface area contributed by atoms with Gasteiger partial charge >= 0.3 is 0 Å². The van der Waals surface area contributed by atoms with E-state index in [2.05, 4.69) is 15.5 Å². The fourth-order valence-electron chi connectivity index (χ4n) is 1.89. The van der Waals surface area contributed by atoms with Gasteiger partial charge in [0.1, 0.15) is 11.5 Å². The lowest BCUT2D eigenvalue weighted by Gasteiger charge is -2.07. The summed E-state index contributed by atoms with van der Waals surface area (Å²) in [6.45, 7) is 1.70. The molecule has 122 valence electrons. The first-order chi connectivity index (χ1) is 11.7. The summed E-state index contributed by atoms with van der Waals surface area (Å²) in [7, 11) is 0. The molecule has 24 heavy (non-hydrogen) atoms. The standard InChI is InChI=1S/C17H15N3O3S/c1-12-19-20-17(22-12)24-11-16(21)18-13-7-9-15(10-8-13)23-14-5-3-2-4-6-14/h2-10H,11H2,1H3,(H,18,21). The molecule has 0 fully saturated rings. The van der Waals surface area contributed by atoms with Crippen LogP contribution in [0.4, 0.5) is 5.69 Å². The fraction of sp³-hybridized carbons (Fsp3) is 0.118. The zero-order valence-electron chi connectivity index (χ0n) is 12.9. The Hall–Kier alpha value is -2.80. The molecular formula is C17H15N3O3S. The normalized spacial score (nSPS) is 10.4. The number of carbonyl (C=O) groups excluding carboxylic acids is 1. The average Bonchev–Trinajstić information content (AvgIpc) is 3.01. The van der Waals surface area contributed by atoms with E-state index in [0.717, 1.165) is 5.75 Å². The number of thioether (sulfide) groups is 1. The Balaban J connectivity index is 1.51. The Morgan fingerprint density at radius 2 is 1.79 bits per heavy atom. The van der Waals surface area contributed by atoms with Crippen LogP contribution in [0.5, 0.6) is 11.5 Å². The number of aromatic nitrogens is 2. The second-order valence-electron chi connectivity index (χ2n) is 4.86. The van der Waals surface area contributed by atoms with Crippen molar-refractivity contribution in [3.8, 4) is 11.5 Å². The van der Waals surface area contributed by atoms with Crippen molar-refractivity contribution in [1.82, 2.24) is 10.2 Å². The maximum atomic E-state index is 11.9. The quantitative estimate of drug-likeness (QED) is 0.685. The molecule has 0 saturated carbocycles. The Morgan fingerprint density at radius 1 is 1.08 bits per heavy atom. The molecule has 3 aromatic rings. The fourth-order valence-corrected chi connectivity index (χ4v) is 2.50. The number of rotatable bonds is 6. The molecular weight excluding hydrogens is 326 g/mol. The van der Waals surface area contributed by atoms with Gasteiger partial charge in [-0.25, -0.2) is 0 Å². The third kappa shape index (κ3) is 4.60. The van der Waals surface area contributed by atoms with Crippen molar-refractivity contribution in [2.45, 2.75) is 12.1 Å². The van der Waals surface area contributed by atoms with Crippen LogP contribution in [0.2, 0.25) is 0 Å². The first kappa shape index (κ1) is 16.1. The molecule has 0 spiro atoms. The molecule has 0 saturated heterocycles. The first-order valence-corrected chi connectivity index (χ1v) is 8.23. The van der Waals surface area contributed by atoms with Crippen molar-refractivity contribution < 1.29 is 13.9 Å². The van der Waals surface area contributed by atoms with Crippen LogP contribution in [-0.4, -0.2) is 21.9 Å². The van der Waals surface area contributed by atoms with Crippen molar-refractivity contribution >= 4 is 23.4 Å². The van der Waals surface area contributed by atoms with Crippen LogP contribution in [0.15, 0.2) is 64.2 Å². The van der Waals surface area contributed by atoms with Crippen LogP contribution in [0.1, 0.15) is 5.89 Å². The smallest absolute Gasteiger partial charge is 0.277 e. The number of nitrogens with zero attached hydrogens (tertiary/aromatic N) is 2. The monoisotopic (exact) mass is 341 g/mol. The predicted octanol–water partition coefficient (Wildman–Crippen LogP) is 3.90. The minimum atomic E-state index is -0.146. The van der Waals surface area contributed by atoms with E-state index in [-0.39, 0.29) is 11.7 Å². The molecule has 1 amide bonds. The number of para-hydroxylation sites is 1. The van der Waals surface area contributed by atoms with Crippen LogP contribution in [0, 0.1) is 6.92 Å². The Kier molecular flexibility index (Phi) is 5.12. The molecule has 0 unspecified atom stereocenters. The van der Waals surface area contributed by atoms with Crippen LogP contribution in [0.3, 0.4) is 0 Å². The molecule has 7 heteroatoms. The molecule has 0 aliphatic rings. The summed E-state index contributed by atoms with van der Waals surface area (Å²) in [6, 6.07) is 16.7. The summed E-state index contributed by atoms with van der Waals surface area (Å²) >= 11 is 1.20. The zero-order valence-corrected chi connectivity index (χ0v) is 13.7. The number of benzene rings is 2. The van der Waals surface area contributed by atoms with Gasteiger partial charge in [-0.15, -0.1) is 10.2 Å². The Labute approximate surface area is 143 Å². The topological polar surface area (TPSA) is 77.2 Å². The highest BCUT2D eigenvalue weighted by Crippen LogP contribution is 2.23. The van der Waals surface area contributed by atoms with E-state index in [1.165, 1.54) is 11.8 Å². The van der Waals surface area contributed by atoms with Crippen molar-refractivity contribution in [3.63, 3.8) is 0 Å². The van der Waals surface area contributed by atoms with Crippen molar-refractivity contribution in [1.29, 1.82) is 0 Å². The molecule has 1 heterocycles. The number of ether oxygens (including phenoxy) is 1. The van der Waals surface area contributed by atoms with Crippen molar-refractivity contribution in [2.24, 2.45) is 0 Å². The third-order valence-corrected chi connectivity index (χ3v) is 3.77. The lowest BCUT2D eigenvalue weighted by molar-refractivity contribution is -0.113. The van der Waals surface area contributed by atoms with Gasteiger partial charge in [-0.1, -0.05) is 30.0 Å². The highest BCUT2D eigenvalue weighted by molar-refractivity contribution is 7.99. The minimum absolute atomic E-state index is 0.146. The molecule has 0 aliphatic carbocycles. The third-order valence-electron chi connectivity index (χ3n) is 2.95. The number of hydrogen-bond acceptors (Lipinski definition) is 6. The minimum Gasteiger partial charge on any atom is -0.457 e. The SMILES string of the molecule is Cc1nnc(SCC(=O)Nc2ccc(Oc3ccccc3)cc2)o1. The number of hydrogen-bond donors (Lipinski definition) is 1. The van der Waals surface area contributed by atoms with E-state index in [0.29, 0.717) is 22.6 Å². The van der Waals surface area contributed by atoms with Gasteiger partial charge < -0.3 is 14.5 Å². The van der Waals surface area contributed by atoms with Gasteiger partial charge in [-0.3, -0.25) is 4.79 Å². The Bertz CT molecular complexity index is 803. The molecule has 0 radical (unpaired) electrons. The molecule has 6 nitrogen and oxygen atoms in total. The first-order valence-electron chi connectivity index (χ1n) is 7.25. The van der Waals surface area contributed by atoms with Gasteiger partial charge in [0.25, 0.3) is 5.22 Å². The van der Waals surface area contributed by atoms with Crippen molar-refractivity contribution in [3.05, 3.63) is 60.5 Å². The zero-order chi connectivity index (χ0) is 16.8. The molecule has 2 aromatic carbocycles. The largest absolute Gasteiger partial charge is 0.457 e. The lowest BCUT2D eigenvalue weighted by atomic mass is 10.3. The van der Waals surface area contributed by atoms with Crippen LogP contribution in [-0.2, 0) is 4.79 Å². The second kappa shape index (κ2) is 7.65. The highest BCUT2D eigenvalue weighted by atomic mass is 32.2. The second-order valence-corrected chi connectivity index (χ2v) is 5.79. The summed E-state index contributed by atoms with van der Waals surface area (Å²) in [5.41, 5.74) is 0.697. The lowest BCUT2D eigenvalue weighted by Crippen LogP contribution is -2.13. The van der Waals surface area contributed by atoms with Crippen LogP contribution < -0.4 is 10.1 Å². The predicted molar refractivity (Wildman–Crippen MR) is 91.3 cm³/mol. The summed E-state index contributed by atoms with van der Waals surface area (Å²) in [4.78, 5) is 11.9. The number of amides is 1. The number of carbonyl (C=O) groups is 1. The number of anilines is 1. The highest BCUT2D eigenvalue weighted by Gasteiger charge is 2.08. The maximum Gasteiger partial charge on any atom is 0.277 e. The molecule has 1 aromatic heterocycles. The summed E-state index contributed by atoms with van der Waals surface area (Å²) < 4.78 is 10.9. The van der Waals surface area contributed by atoms with E-state index in [1.807, 2.05) is 30.3 Å². The molecule has 1 N–H and O–H groups in total. The van der Waals surface area contributed by atoms with Crippen LogP contribution >= 0.6 is 11.8 Å². The van der Waals surface area contributed by atoms with E-state index >= 15 is 0 Å². The van der Waals surface area contributed by atoms with Gasteiger partial charge in [-0.2, -0.15) is 0 Å². The molecule has 3 rings (SSSR count). The molecule has 0 bridgehead atoms. The van der Waals surface area contributed by atoms with E-state index in [4.69, 9.17) is 9.15 Å². The summed E-state index contributed by atoms with van der Waals surface area (Å²) in [5.74, 6) is 2.00. The number of nitrogens with one attached hydrogen (secondary N) is 1. The van der Waals surface area contributed by atoms with Gasteiger partial charge in [0.15, 0.2) is 0 Å². The van der Waals surface area contributed by atoms with Gasteiger partial charge in [0.05, 0.1) is 5.75 Å². The van der Waals surface area contributed by atoms with Gasteiger partial charge in [0, 0.05) is 12.6 Å². The van der Waals surface area contributed by atoms with E-state index in [9.17, 15) is 4.79 Å². The van der Waals surface area contributed by atoms with Gasteiger partial charge in [-0.05, 0) is 36.4 Å². The Morgan fingerprint density at radius 3 is 2.46 bits per heavy atom. The molecule has 0 aliphatic heterocycles.